The van der Waals surface area contributed by atoms with Crippen molar-refractivity contribution < 1.29 is 0 Å². The minimum atomic E-state index is 0. The summed E-state index contributed by atoms with van der Waals surface area (Å²) in [6.07, 6.45) is 4.71. The highest BCUT2D eigenvalue weighted by Gasteiger charge is 2.18. The van der Waals surface area contributed by atoms with Gasteiger partial charge in [-0.25, -0.2) is 9.97 Å². The number of aliphatic imine (C=N–C) groups is 1. The zero-order valence-corrected chi connectivity index (χ0v) is 21.1. The quantitative estimate of drug-likeness (QED) is 0.288. The maximum atomic E-state index is 4.78. The number of aromatic nitrogens is 2. The molecule has 1 atom stereocenters. The van der Waals surface area contributed by atoms with E-state index in [1.807, 2.05) is 29.8 Å². The molecular weight excluding hydrogens is 509 g/mol. The summed E-state index contributed by atoms with van der Waals surface area (Å²) in [4.78, 5) is 19.7. The Morgan fingerprint density at radius 3 is 2.60 bits per heavy atom. The van der Waals surface area contributed by atoms with Gasteiger partial charge in [-0.15, -0.1) is 35.3 Å². The molecule has 1 unspecified atom stereocenters. The first-order valence-electron chi connectivity index (χ1n) is 10.5. The number of anilines is 1. The van der Waals surface area contributed by atoms with Crippen LogP contribution in [0.1, 0.15) is 18.7 Å². The molecule has 0 bridgehead atoms. The molecule has 0 spiro atoms. The van der Waals surface area contributed by atoms with E-state index in [-0.39, 0.29) is 24.0 Å². The van der Waals surface area contributed by atoms with Gasteiger partial charge in [0.15, 0.2) is 5.96 Å². The molecule has 1 aliphatic heterocycles. The van der Waals surface area contributed by atoms with E-state index in [4.69, 9.17) is 4.99 Å². The number of hydrogen-bond acceptors (Lipinski definition) is 6. The van der Waals surface area contributed by atoms with Crippen LogP contribution in [-0.4, -0.2) is 73.2 Å². The van der Waals surface area contributed by atoms with E-state index in [0.29, 0.717) is 5.92 Å². The zero-order chi connectivity index (χ0) is 20.3. The molecule has 0 saturated carbocycles. The first-order chi connectivity index (χ1) is 14.2. The third-order valence-electron chi connectivity index (χ3n) is 4.96. The van der Waals surface area contributed by atoms with Gasteiger partial charge < -0.3 is 15.5 Å². The molecule has 9 heteroatoms. The molecule has 2 aromatic rings. The number of piperazine rings is 1. The molecule has 30 heavy (non-hydrogen) atoms. The highest BCUT2D eigenvalue weighted by atomic mass is 127. The third kappa shape index (κ3) is 8.35. The SMILES string of the molecule is CCNC(=NCC(C)Cc1cccs1)NCCN1CCN(c2ncccn2)CC1.I. The summed E-state index contributed by atoms with van der Waals surface area (Å²) in [7, 11) is 0. The Balaban J connectivity index is 0.00000320. The van der Waals surface area contributed by atoms with Crippen LogP contribution in [0.25, 0.3) is 0 Å². The zero-order valence-electron chi connectivity index (χ0n) is 18.0. The lowest BCUT2D eigenvalue weighted by Gasteiger charge is -2.34. The molecule has 166 valence electrons. The predicted molar refractivity (Wildman–Crippen MR) is 137 cm³/mol. The van der Waals surface area contributed by atoms with Gasteiger partial charge in [0, 0.05) is 69.6 Å². The molecular formula is C21H34IN7S. The Kier molecular flexibility index (Phi) is 11.4. The van der Waals surface area contributed by atoms with Crippen LogP contribution in [0.4, 0.5) is 5.95 Å². The summed E-state index contributed by atoms with van der Waals surface area (Å²) >= 11 is 1.83. The monoisotopic (exact) mass is 543 g/mol. The normalized spacial score (nSPS) is 16.1. The molecule has 0 aromatic carbocycles. The molecule has 7 nitrogen and oxygen atoms in total. The highest BCUT2D eigenvalue weighted by molar-refractivity contribution is 14.0. The van der Waals surface area contributed by atoms with Crippen molar-refractivity contribution in [1.82, 2.24) is 25.5 Å². The van der Waals surface area contributed by atoms with Crippen LogP contribution >= 0.6 is 35.3 Å². The maximum Gasteiger partial charge on any atom is 0.225 e. The van der Waals surface area contributed by atoms with Crippen molar-refractivity contribution in [2.45, 2.75) is 20.3 Å². The van der Waals surface area contributed by atoms with Crippen molar-refractivity contribution in [2.24, 2.45) is 10.9 Å². The van der Waals surface area contributed by atoms with Crippen LogP contribution in [-0.2, 0) is 6.42 Å². The van der Waals surface area contributed by atoms with Gasteiger partial charge in [-0.1, -0.05) is 13.0 Å². The lowest BCUT2D eigenvalue weighted by atomic mass is 10.1. The van der Waals surface area contributed by atoms with Crippen molar-refractivity contribution >= 4 is 47.2 Å². The van der Waals surface area contributed by atoms with Gasteiger partial charge in [-0.05, 0) is 36.8 Å². The second-order valence-electron chi connectivity index (χ2n) is 7.41. The fraction of sp³-hybridized carbons (Fsp3) is 0.571. The second kappa shape index (κ2) is 13.8. The van der Waals surface area contributed by atoms with E-state index in [9.17, 15) is 0 Å². The van der Waals surface area contributed by atoms with Gasteiger partial charge in [0.25, 0.3) is 0 Å². The maximum absolute atomic E-state index is 4.78. The molecule has 0 radical (unpaired) electrons. The molecule has 2 N–H and O–H groups in total. The van der Waals surface area contributed by atoms with Crippen molar-refractivity contribution in [3.63, 3.8) is 0 Å². The second-order valence-corrected chi connectivity index (χ2v) is 8.44. The smallest absolute Gasteiger partial charge is 0.225 e. The molecule has 1 aliphatic rings. The van der Waals surface area contributed by atoms with Crippen LogP contribution in [0, 0.1) is 5.92 Å². The summed E-state index contributed by atoms with van der Waals surface area (Å²) < 4.78 is 0. The van der Waals surface area contributed by atoms with E-state index in [1.54, 1.807) is 0 Å². The topological polar surface area (TPSA) is 68.7 Å². The van der Waals surface area contributed by atoms with Gasteiger partial charge in [0.05, 0.1) is 0 Å². The van der Waals surface area contributed by atoms with Gasteiger partial charge >= 0.3 is 0 Å². The molecule has 3 heterocycles. The predicted octanol–water partition coefficient (Wildman–Crippen LogP) is 2.71. The molecule has 2 aromatic heterocycles. The first kappa shape index (κ1) is 24.8. The number of nitrogens with zero attached hydrogens (tertiary/aromatic N) is 5. The van der Waals surface area contributed by atoms with Crippen LogP contribution in [0.3, 0.4) is 0 Å². The first-order valence-corrected chi connectivity index (χ1v) is 11.4. The number of halogens is 1. The van der Waals surface area contributed by atoms with E-state index in [2.05, 4.69) is 61.8 Å². The molecule has 1 saturated heterocycles. The summed E-state index contributed by atoms with van der Waals surface area (Å²) in [6, 6.07) is 6.18. The summed E-state index contributed by atoms with van der Waals surface area (Å²) in [6.45, 7) is 12.0. The van der Waals surface area contributed by atoms with Crippen molar-refractivity contribution in [1.29, 1.82) is 0 Å². The number of hydrogen-bond donors (Lipinski definition) is 2. The van der Waals surface area contributed by atoms with E-state index in [0.717, 1.165) is 70.7 Å². The molecule has 3 rings (SSSR count). The van der Waals surface area contributed by atoms with Gasteiger partial charge in [-0.2, -0.15) is 0 Å². The standard InChI is InChI=1S/C21H33N7S.HI/c1-3-22-20(26-17-18(2)16-19-6-4-15-29-19)23-9-10-27-11-13-28(14-12-27)21-24-7-5-8-25-21;/h4-8,15,18H,3,9-14,16-17H2,1-2H3,(H2,22,23,26);1H. The Morgan fingerprint density at radius 1 is 1.17 bits per heavy atom. The van der Waals surface area contributed by atoms with Gasteiger partial charge in [-0.3, -0.25) is 9.89 Å². The van der Waals surface area contributed by atoms with Crippen LogP contribution in [0.2, 0.25) is 0 Å². The molecule has 1 fully saturated rings. The molecule has 0 aliphatic carbocycles. The lowest BCUT2D eigenvalue weighted by Crippen LogP contribution is -2.49. The number of guanidine groups is 1. The Morgan fingerprint density at radius 2 is 1.93 bits per heavy atom. The van der Waals surface area contributed by atoms with E-state index >= 15 is 0 Å². The lowest BCUT2D eigenvalue weighted by molar-refractivity contribution is 0.260. The van der Waals surface area contributed by atoms with Crippen LogP contribution in [0.15, 0.2) is 41.0 Å². The summed E-state index contributed by atoms with van der Waals surface area (Å²) in [5, 5.41) is 8.99. The Labute approximate surface area is 201 Å². The highest BCUT2D eigenvalue weighted by Crippen LogP contribution is 2.14. The fourth-order valence-electron chi connectivity index (χ4n) is 3.38. The summed E-state index contributed by atoms with van der Waals surface area (Å²) in [5.74, 6) is 2.29. The third-order valence-corrected chi connectivity index (χ3v) is 5.86. The minimum Gasteiger partial charge on any atom is -0.357 e. The Hall–Kier alpha value is -1.46. The average Bonchev–Trinajstić information content (AvgIpc) is 3.26. The molecule has 0 amide bonds. The van der Waals surface area contributed by atoms with Gasteiger partial charge in [0.1, 0.15) is 0 Å². The largest absolute Gasteiger partial charge is 0.357 e. The Bertz CT molecular complexity index is 718. The van der Waals surface area contributed by atoms with E-state index < -0.39 is 0 Å². The van der Waals surface area contributed by atoms with Crippen molar-refractivity contribution in [3.05, 3.63) is 40.8 Å². The van der Waals surface area contributed by atoms with Gasteiger partial charge in [0.2, 0.25) is 5.95 Å². The van der Waals surface area contributed by atoms with Crippen molar-refractivity contribution in [2.75, 3.05) is 57.3 Å². The number of rotatable bonds is 9. The average molecular weight is 544 g/mol. The van der Waals surface area contributed by atoms with E-state index in [1.165, 1.54) is 4.88 Å². The summed E-state index contributed by atoms with van der Waals surface area (Å²) in [5.41, 5.74) is 0. The van der Waals surface area contributed by atoms with Crippen LogP contribution in [0.5, 0.6) is 0 Å². The fourth-order valence-corrected chi connectivity index (χ4v) is 4.25. The minimum absolute atomic E-state index is 0. The number of thiophene rings is 1. The number of nitrogens with one attached hydrogen (secondary N) is 2. The van der Waals surface area contributed by atoms with Crippen molar-refractivity contribution in [3.8, 4) is 0 Å². The van der Waals surface area contributed by atoms with Crippen LogP contribution < -0.4 is 15.5 Å².